The molecule has 1 nitrogen and oxygen atoms in total. The Kier molecular flexibility index (Phi) is 4.17. The predicted molar refractivity (Wildman–Crippen MR) is 65.5 cm³/mol. The van der Waals surface area contributed by atoms with E-state index in [4.69, 9.17) is 4.74 Å². The maximum Gasteiger partial charge on any atom is 0.114 e. The molecule has 15 heavy (non-hydrogen) atoms. The SMILES string of the molecule is C=Cc1cccc(CC)c1COC(=C)C. The summed E-state index contributed by atoms with van der Waals surface area (Å²) in [5.41, 5.74) is 3.68. The lowest BCUT2D eigenvalue weighted by molar-refractivity contribution is 0.201. The minimum Gasteiger partial charge on any atom is -0.494 e. The number of hydrogen-bond acceptors (Lipinski definition) is 1. The summed E-state index contributed by atoms with van der Waals surface area (Å²) in [5, 5.41) is 0. The Labute approximate surface area is 92.1 Å². The van der Waals surface area contributed by atoms with Gasteiger partial charge in [-0.05, 0) is 30.0 Å². The number of rotatable bonds is 5. The molecule has 0 heterocycles. The van der Waals surface area contributed by atoms with Crippen molar-refractivity contribution >= 4 is 6.08 Å². The van der Waals surface area contributed by atoms with Crippen molar-refractivity contribution in [1.29, 1.82) is 0 Å². The van der Waals surface area contributed by atoms with Gasteiger partial charge in [0.05, 0.1) is 5.76 Å². The van der Waals surface area contributed by atoms with Crippen molar-refractivity contribution in [3.63, 3.8) is 0 Å². The second kappa shape index (κ2) is 5.40. The van der Waals surface area contributed by atoms with Crippen LogP contribution in [0.4, 0.5) is 0 Å². The molecule has 1 aromatic carbocycles. The van der Waals surface area contributed by atoms with E-state index in [-0.39, 0.29) is 0 Å². The van der Waals surface area contributed by atoms with E-state index in [9.17, 15) is 0 Å². The van der Waals surface area contributed by atoms with Gasteiger partial charge in [-0.25, -0.2) is 0 Å². The number of ether oxygens (including phenoxy) is 1. The van der Waals surface area contributed by atoms with E-state index in [1.165, 1.54) is 11.1 Å². The first-order chi connectivity index (χ1) is 7.19. The fraction of sp³-hybridized carbons (Fsp3) is 0.286. The van der Waals surface area contributed by atoms with Crippen LogP contribution in [0.2, 0.25) is 0 Å². The third kappa shape index (κ3) is 2.98. The van der Waals surface area contributed by atoms with Crippen LogP contribution in [-0.2, 0) is 17.8 Å². The highest BCUT2D eigenvalue weighted by Gasteiger charge is 2.05. The molecule has 0 bridgehead atoms. The van der Waals surface area contributed by atoms with Crippen LogP contribution in [0.1, 0.15) is 30.5 Å². The summed E-state index contributed by atoms with van der Waals surface area (Å²) in [5.74, 6) is 0.746. The molecule has 1 heteroatoms. The van der Waals surface area contributed by atoms with Crippen molar-refractivity contribution in [1.82, 2.24) is 0 Å². The molecule has 1 aromatic rings. The molecule has 0 saturated heterocycles. The van der Waals surface area contributed by atoms with Gasteiger partial charge < -0.3 is 4.74 Å². The number of allylic oxidation sites excluding steroid dienone is 1. The van der Waals surface area contributed by atoms with Crippen LogP contribution >= 0.6 is 0 Å². The molecule has 0 fully saturated rings. The number of benzene rings is 1. The molecule has 0 unspecified atom stereocenters. The summed E-state index contributed by atoms with van der Waals surface area (Å²) < 4.78 is 5.47. The molecule has 0 aliphatic rings. The fourth-order valence-electron chi connectivity index (χ4n) is 1.55. The van der Waals surface area contributed by atoms with E-state index in [2.05, 4.69) is 38.3 Å². The van der Waals surface area contributed by atoms with Gasteiger partial charge >= 0.3 is 0 Å². The van der Waals surface area contributed by atoms with Crippen LogP contribution in [0, 0.1) is 0 Å². The molecule has 0 aromatic heterocycles. The van der Waals surface area contributed by atoms with E-state index in [0.717, 1.165) is 17.7 Å². The fourth-order valence-corrected chi connectivity index (χ4v) is 1.55. The lowest BCUT2D eigenvalue weighted by Gasteiger charge is -2.12. The smallest absolute Gasteiger partial charge is 0.114 e. The van der Waals surface area contributed by atoms with Crippen LogP contribution in [0.25, 0.3) is 6.08 Å². The van der Waals surface area contributed by atoms with Gasteiger partial charge in [0.15, 0.2) is 0 Å². The molecular weight excluding hydrogens is 184 g/mol. The van der Waals surface area contributed by atoms with Crippen molar-refractivity contribution in [2.75, 3.05) is 0 Å². The Balaban J connectivity index is 2.99. The van der Waals surface area contributed by atoms with Crippen molar-refractivity contribution < 1.29 is 4.74 Å². The Bertz CT molecular complexity index is 364. The lowest BCUT2D eigenvalue weighted by atomic mass is 10.00. The highest BCUT2D eigenvalue weighted by molar-refractivity contribution is 5.54. The molecule has 80 valence electrons. The maximum atomic E-state index is 5.47. The molecule has 0 aliphatic heterocycles. The zero-order valence-corrected chi connectivity index (χ0v) is 9.55. The third-order valence-electron chi connectivity index (χ3n) is 2.37. The molecule has 0 aliphatic carbocycles. The van der Waals surface area contributed by atoms with Crippen molar-refractivity contribution in [2.24, 2.45) is 0 Å². The first kappa shape index (κ1) is 11.6. The first-order valence-electron chi connectivity index (χ1n) is 5.20. The minimum absolute atomic E-state index is 0.584. The van der Waals surface area contributed by atoms with E-state index in [1.54, 1.807) is 0 Å². The molecule has 1 rings (SSSR count). The molecule has 0 radical (unpaired) electrons. The highest BCUT2D eigenvalue weighted by Crippen LogP contribution is 2.18. The third-order valence-corrected chi connectivity index (χ3v) is 2.37. The van der Waals surface area contributed by atoms with Gasteiger partial charge in [0, 0.05) is 0 Å². The standard InChI is InChI=1S/C14H18O/c1-5-12-8-7-9-13(6-2)14(12)10-15-11(3)4/h5,7-9H,1,3,6,10H2,2,4H3. The Morgan fingerprint density at radius 2 is 2.20 bits per heavy atom. The number of aryl methyl sites for hydroxylation is 1. The van der Waals surface area contributed by atoms with Crippen molar-refractivity contribution in [2.45, 2.75) is 26.9 Å². The van der Waals surface area contributed by atoms with Crippen LogP contribution < -0.4 is 0 Å². The van der Waals surface area contributed by atoms with Gasteiger partial charge in [-0.3, -0.25) is 0 Å². The monoisotopic (exact) mass is 202 g/mol. The normalized spacial score (nSPS) is 9.73. The topological polar surface area (TPSA) is 9.23 Å². The quantitative estimate of drug-likeness (QED) is 0.657. The first-order valence-corrected chi connectivity index (χ1v) is 5.20. The van der Waals surface area contributed by atoms with Crippen LogP contribution in [0.5, 0.6) is 0 Å². The largest absolute Gasteiger partial charge is 0.494 e. The molecule has 0 atom stereocenters. The van der Waals surface area contributed by atoms with Gasteiger partial charge in [0.2, 0.25) is 0 Å². The van der Waals surface area contributed by atoms with E-state index in [0.29, 0.717) is 6.61 Å². The van der Waals surface area contributed by atoms with Crippen LogP contribution in [0.15, 0.2) is 37.1 Å². The zero-order chi connectivity index (χ0) is 11.3. The summed E-state index contributed by atoms with van der Waals surface area (Å²) in [7, 11) is 0. The summed E-state index contributed by atoms with van der Waals surface area (Å²) in [6.45, 7) is 12.1. The van der Waals surface area contributed by atoms with Crippen LogP contribution in [0.3, 0.4) is 0 Å². The van der Waals surface area contributed by atoms with Gasteiger partial charge in [-0.2, -0.15) is 0 Å². The Morgan fingerprint density at radius 1 is 1.47 bits per heavy atom. The van der Waals surface area contributed by atoms with Crippen molar-refractivity contribution in [3.8, 4) is 0 Å². The van der Waals surface area contributed by atoms with Gasteiger partial charge in [0.25, 0.3) is 0 Å². The minimum atomic E-state index is 0.584. The second-order valence-electron chi connectivity index (χ2n) is 3.53. The summed E-state index contributed by atoms with van der Waals surface area (Å²) in [6, 6.07) is 6.24. The van der Waals surface area contributed by atoms with Crippen molar-refractivity contribution in [3.05, 3.63) is 53.8 Å². The summed E-state index contributed by atoms with van der Waals surface area (Å²) in [6.07, 6.45) is 2.88. The van der Waals surface area contributed by atoms with E-state index in [1.807, 2.05) is 13.0 Å². The van der Waals surface area contributed by atoms with E-state index >= 15 is 0 Å². The molecule has 0 amide bonds. The number of hydrogen-bond donors (Lipinski definition) is 0. The lowest BCUT2D eigenvalue weighted by Crippen LogP contribution is -1.98. The maximum absolute atomic E-state index is 5.47. The van der Waals surface area contributed by atoms with E-state index < -0.39 is 0 Å². The average molecular weight is 202 g/mol. The summed E-state index contributed by atoms with van der Waals surface area (Å²) in [4.78, 5) is 0. The Morgan fingerprint density at radius 3 is 2.73 bits per heavy atom. The summed E-state index contributed by atoms with van der Waals surface area (Å²) >= 11 is 0. The predicted octanol–water partition coefficient (Wildman–Crippen LogP) is 3.94. The highest BCUT2D eigenvalue weighted by atomic mass is 16.5. The average Bonchev–Trinajstić information content (AvgIpc) is 2.25. The van der Waals surface area contributed by atoms with Gasteiger partial charge in [-0.1, -0.05) is 44.4 Å². The molecule has 0 N–H and O–H groups in total. The second-order valence-corrected chi connectivity index (χ2v) is 3.53. The zero-order valence-electron chi connectivity index (χ0n) is 9.55. The van der Waals surface area contributed by atoms with Gasteiger partial charge in [0.1, 0.15) is 6.61 Å². The van der Waals surface area contributed by atoms with Gasteiger partial charge in [-0.15, -0.1) is 0 Å². The molecular formula is C14H18O. The Hall–Kier alpha value is -1.50. The van der Waals surface area contributed by atoms with Crippen LogP contribution in [-0.4, -0.2) is 0 Å². The molecule has 0 saturated carbocycles. The molecule has 0 spiro atoms.